The maximum atomic E-state index is 11.6. The number of hydrogen-bond acceptors (Lipinski definition) is 2. The van der Waals surface area contributed by atoms with Crippen molar-refractivity contribution in [1.82, 2.24) is 4.57 Å². The molecular formula is C12H15NO2. The quantitative estimate of drug-likeness (QED) is 0.772. The molecule has 2 rings (SSSR count). The van der Waals surface area contributed by atoms with E-state index in [9.17, 15) is 4.79 Å². The van der Waals surface area contributed by atoms with Crippen LogP contribution >= 0.6 is 0 Å². The Labute approximate surface area is 88.3 Å². The number of aryl methyl sites for hydroxylation is 2. The summed E-state index contributed by atoms with van der Waals surface area (Å²) in [7, 11) is 0. The molecule has 80 valence electrons. The number of fused-ring (bicyclic) bond motifs is 1. The summed E-state index contributed by atoms with van der Waals surface area (Å²) in [5.74, 6) is -0.246. The second-order valence-electron chi connectivity index (χ2n) is 3.84. The summed E-state index contributed by atoms with van der Waals surface area (Å²) in [5.41, 5.74) is 2.74. The van der Waals surface area contributed by atoms with Gasteiger partial charge in [-0.2, -0.15) is 0 Å². The van der Waals surface area contributed by atoms with Gasteiger partial charge in [0.05, 0.1) is 5.52 Å². The van der Waals surface area contributed by atoms with Crippen LogP contribution < -0.4 is 5.76 Å². The number of oxazole rings is 1. The summed E-state index contributed by atoms with van der Waals surface area (Å²) in [6.45, 7) is 4.87. The van der Waals surface area contributed by atoms with E-state index >= 15 is 0 Å². The Morgan fingerprint density at radius 3 is 2.93 bits per heavy atom. The molecule has 0 bridgehead atoms. The Kier molecular flexibility index (Phi) is 2.62. The third-order valence-corrected chi connectivity index (χ3v) is 2.56. The highest BCUT2D eigenvalue weighted by atomic mass is 16.4. The lowest BCUT2D eigenvalue weighted by atomic mass is 10.2. The number of nitrogens with zero attached hydrogens (tertiary/aromatic N) is 1. The van der Waals surface area contributed by atoms with Gasteiger partial charge in [-0.1, -0.05) is 19.4 Å². The second-order valence-corrected chi connectivity index (χ2v) is 3.84. The minimum atomic E-state index is -0.246. The first-order valence-electron chi connectivity index (χ1n) is 5.32. The molecule has 0 unspecified atom stereocenters. The summed E-state index contributed by atoms with van der Waals surface area (Å²) in [6, 6.07) is 5.81. The summed E-state index contributed by atoms with van der Waals surface area (Å²) >= 11 is 0. The van der Waals surface area contributed by atoms with Gasteiger partial charge in [-0.05, 0) is 31.0 Å². The van der Waals surface area contributed by atoms with E-state index in [-0.39, 0.29) is 5.76 Å². The molecular weight excluding hydrogens is 190 g/mol. The number of benzene rings is 1. The molecule has 0 amide bonds. The second kappa shape index (κ2) is 3.93. The Hall–Kier alpha value is -1.51. The van der Waals surface area contributed by atoms with E-state index in [1.807, 2.05) is 25.1 Å². The molecule has 0 radical (unpaired) electrons. The smallest absolute Gasteiger partial charge is 0.408 e. The molecule has 2 aromatic rings. The van der Waals surface area contributed by atoms with Gasteiger partial charge in [0.2, 0.25) is 0 Å². The average molecular weight is 205 g/mol. The lowest BCUT2D eigenvalue weighted by Crippen LogP contribution is -2.13. The van der Waals surface area contributed by atoms with Gasteiger partial charge in [0.15, 0.2) is 5.58 Å². The van der Waals surface area contributed by atoms with Gasteiger partial charge in [0.25, 0.3) is 0 Å². The molecule has 1 aromatic heterocycles. The number of aromatic nitrogens is 1. The maximum Gasteiger partial charge on any atom is 0.419 e. The van der Waals surface area contributed by atoms with Crippen molar-refractivity contribution in [3.05, 3.63) is 34.3 Å². The lowest BCUT2D eigenvalue weighted by molar-refractivity contribution is 0.496. The van der Waals surface area contributed by atoms with Crippen molar-refractivity contribution in [1.29, 1.82) is 0 Å². The summed E-state index contributed by atoms with van der Waals surface area (Å²) < 4.78 is 6.87. The number of rotatable bonds is 3. The van der Waals surface area contributed by atoms with Crippen LogP contribution in [0.2, 0.25) is 0 Å². The van der Waals surface area contributed by atoms with Crippen molar-refractivity contribution in [3.8, 4) is 0 Å². The van der Waals surface area contributed by atoms with Crippen LogP contribution in [0.15, 0.2) is 27.4 Å². The molecule has 15 heavy (non-hydrogen) atoms. The Morgan fingerprint density at radius 2 is 2.20 bits per heavy atom. The van der Waals surface area contributed by atoms with Crippen LogP contribution in [-0.2, 0) is 6.54 Å². The standard InChI is InChI=1S/C12H15NO2/c1-3-4-7-13-10-8-9(2)5-6-11(10)15-12(13)14/h5-6,8H,3-4,7H2,1-2H3. The van der Waals surface area contributed by atoms with Gasteiger partial charge in [-0.25, -0.2) is 4.79 Å². The molecule has 3 heteroatoms. The normalized spacial score (nSPS) is 11.1. The van der Waals surface area contributed by atoms with Gasteiger partial charge in [0.1, 0.15) is 0 Å². The van der Waals surface area contributed by atoms with Crippen LogP contribution in [0, 0.1) is 6.92 Å². The predicted molar refractivity (Wildman–Crippen MR) is 60.1 cm³/mol. The molecule has 0 aliphatic rings. The highest BCUT2D eigenvalue weighted by molar-refractivity contribution is 5.73. The van der Waals surface area contributed by atoms with Gasteiger partial charge >= 0.3 is 5.76 Å². The van der Waals surface area contributed by atoms with E-state index < -0.39 is 0 Å². The van der Waals surface area contributed by atoms with Crippen molar-refractivity contribution in [2.45, 2.75) is 33.2 Å². The third-order valence-electron chi connectivity index (χ3n) is 2.56. The summed E-state index contributed by atoms with van der Waals surface area (Å²) in [4.78, 5) is 11.6. The first kappa shape index (κ1) is 10.0. The average Bonchev–Trinajstić information content (AvgIpc) is 2.51. The van der Waals surface area contributed by atoms with Crippen molar-refractivity contribution in [3.63, 3.8) is 0 Å². The highest BCUT2D eigenvalue weighted by Gasteiger charge is 2.07. The minimum Gasteiger partial charge on any atom is -0.408 e. The largest absolute Gasteiger partial charge is 0.419 e. The van der Waals surface area contributed by atoms with Crippen LogP contribution in [0.1, 0.15) is 25.3 Å². The fourth-order valence-electron chi connectivity index (χ4n) is 1.70. The van der Waals surface area contributed by atoms with E-state index in [1.54, 1.807) is 4.57 Å². The zero-order chi connectivity index (χ0) is 10.8. The summed E-state index contributed by atoms with van der Waals surface area (Å²) in [6.07, 6.45) is 2.08. The van der Waals surface area contributed by atoms with E-state index in [1.165, 1.54) is 0 Å². The minimum absolute atomic E-state index is 0.246. The molecule has 0 spiro atoms. The molecule has 0 fully saturated rings. The first-order valence-corrected chi connectivity index (χ1v) is 5.32. The van der Waals surface area contributed by atoms with Gasteiger partial charge in [-0.3, -0.25) is 4.57 Å². The van der Waals surface area contributed by atoms with Crippen LogP contribution in [0.3, 0.4) is 0 Å². The molecule has 0 saturated carbocycles. The fraction of sp³-hybridized carbons (Fsp3) is 0.417. The zero-order valence-corrected chi connectivity index (χ0v) is 9.12. The van der Waals surface area contributed by atoms with Crippen molar-refractivity contribution < 1.29 is 4.42 Å². The fourth-order valence-corrected chi connectivity index (χ4v) is 1.70. The topological polar surface area (TPSA) is 35.1 Å². The van der Waals surface area contributed by atoms with E-state index in [0.717, 1.165) is 30.5 Å². The SMILES string of the molecule is CCCCn1c(=O)oc2ccc(C)cc21. The first-order chi connectivity index (χ1) is 7.22. The van der Waals surface area contributed by atoms with Crippen LogP contribution in [-0.4, -0.2) is 4.57 Å². The van der Waals surface area contributed by atoms with Gasteiger partial charge in [-0.15, -0.1) is 0 Å². The highest BCUT2D eigenvalue weighted by Crippen LogP contribution is 2.14. The van der Waals surface area contributed by atoms with Crippen molar-refractivity contribution in [2.75, 3.05) is 0 Å². The molecule has 0 aliphatic heterocycles. The Balaban J connectivity index is 2.55. The molecule has 0 saturated heterocycles. The van der Waals surface area contributed by atoms with Gasteiger partial charge < -0.3 is 4.42 Å². The lowest BCUT2D eigenvalue weighted by Gasteiger charge is -2.00. The van der Waals surface area contributed by atoms with E-state index in [0.29, 0.717) is 5.58 Å². The molecule has 0 atom stereocenters. The monoisotopic (exact) mass is 205 g/mol. The van der Waals surface area contributed by atoms with E-state index in [4.69, 9.17) is 4.42 Å². The van der Waals surface area contributed by atoms with Gasteiger partial charge in [0, 0.05) is 6.54 Å². The van der Waals surface area contributed by atoms with Crippen LogP contribution in [0.25, 0.3) is 11.1 Å². The van der Waals surface area contributed by atoms with Crippen LogP contribution in [0.4, 0.5) is 0 Å². The number of hydrogen-bond donors (Lipinski definition) is 0. The Morgan fingerprint density at radius 1 is 1.40 bits per heavy atom. The predicted octanol–water partition coefficient (Wildman–Crippen LogP) is 2.70. The summed E-state index contributed by atoms with van der Waals surface area (Å²) in [5, 5.41) is 0. The zero-order valence-electron chi connectivity index (χ0n) is 9.12. The Bertz CT molecular complexity index is 522. The number of unbranched alkanes of at least 4 members (excludes halogenated alkanes) is 1. The van der Waals surface area contributed by atoms with E-state index in [2.05, 4.69) is 6.92 Å². The molecule has 1 heterocycles. The van der Waals surface area contributed by atoms with Crippen molar-refractivity contribution in [2.24, 2.45) is 0 Å². The third kappa shape index (κ3) is 1.82. The maximum absolute atomic E-state index is 11.6. The molecule has 0 N–H and O–H groups in total. The molecule has 0 aliphatic carbocycles. The molecule has 3 nitrogen and oxygen atoms in total. The van der Waals surface area contributed by atoms with Crippen LogP contribution in [0.5, 0.6) is 0 Å². The van der Waals surface area contributed by atoms with Crippen molar-refractivity contribution >= 4 is 11.1 Å². The molecule has 1 aromatic carbocycles.